The van der Waals surface area contributed by atoms with Gasteiger partial charge in [-0.05, 0) is 13.0 Å². The van der Waals surface area contributed by atoms with E-state index in [0.717, 1.165) is 34.5 Å². The predicted molar refractivity (Wildman–Crippen MR) is 83.9 cm³/mol. The number of carboxylic acids is 1. The monoisotopic (exact) mass is 309 g/mol. The smallest absolute Gasteiger partial charge is 0.328 e. The van der Waals surface area contributed by atoms with Gasteiger partial charge in [0.05, 0.1) is 5.69 Å². The van der Waals surface area contributed by atoms with Crippen molar-refractivity contribution in [3.63, 3.8) is 0 Å². The van der Waals surface area contributed by atoms with Gasteiger partial charge in [-0.3, -0.25) is 4.40 Å². The van der Waals surface area contributed by atoms with Crippen LogP contribution in [-0.2, 0) is 4.79 Å². The fourth-order valence-corrected chi connectivity index (χ4v) is 4.08. The Morgan fingerprint density at radius 1 is 1.60 bits per heavy atom. The minimum Gasteiger partial charge on any atom is -0.478 e. The second-order valence-corrected chi connectivity index (χ2v) is 6.69. The average molecular weight is 309 g/mol. The number of hydrogen-bond acceptors (Lipinski definition) is 5. The van der Waals surface area contributed by atoms with Crippen LogP contribution in [0.1, 0.15) is 12.6 Å². The lowest BCUT2D eigenvalue weighted by Crippen LogP contribution is -2.41. The van der Waals surface area contributed by atoms with Gasteiger partial charge in [0.15, 0.2) is 10.8 Å². The number of aliphatic carboxylic acids is 1. The molecular weight excluding hydrogens is 294 g/mol. The zero-order valence-corrected chi connectivity index (χ0v) is 12.7. The topological polar surface area (TPSA) is 57.8 Å². The summed E-state index contributed by atoms with van der Waals surface area (Å²) in [5, 5.41) is 10.8. The van der Waals surface area contributed by atoms with Crippen LogP contribution >= 0.6 is 23.1 Å². The Bertz CT molecular complexity index is 662. The van der Waals surface area contributed by atoms with Gasteiger partial charge in [-0.25, -0.2) is 9.78 Å². The van der Waals surface area contributed by atoms with E-state index in [1.54, 1.807) is 17.4 Å². The Labute approximate surface area is 124 Å². The van der Waals surface area contributed by atoms with Gasteiger partial charge in [-0.15, -0.1) is 11.3 Å². The number of aromatic nitrogens is 2. The maximum atomic E-state index is 10.8. The number of nitrogens with zero attached hydrogens (tertiary/aromatic N) is 3. The minimum absolute atomic E-state index is 0.412. The van der Waals surface area contributed by atoms with Crippen molar-refractivity contribution in [2.45, 2.75) is 13.0 Å². The summed E-state index contributed by atoms with van der Waals surface area (Å²) >= 11 is 3.51. The highest BCUT2D eigenvalue weighted by atomic mass is 32.2. The number of thioether (sulfide) groups is 1. The molecule has 1 saturated heterocycles. The van der Waals surface area contributed by atoms with E-state index in [1.807, 2.05) is 27.7 Å². The van der Waals surface area contributed by atoms with E-state index < -0.39 is 5.97 Å². The first-order valence-corrected chi connectivity index (χ1v) is 8.41. The predicted octanol–water partition coefficient (Wildman–Crippen LogP) is 2.44. The van der Waals surface area contributed by atoms with E-state index in [9.17, 15) is 4.79 Å². The molecule has 0 aliphatic carbocycles. The zero-order chi connectivity index (χ0) is 14.1. The van der Waals surface area contributed by atoms with Crippen LogP contribution in [0.25, 0.3) is 11.0 Å². The fourth-order valence-electron chi connectivity index (χ4n) is 2.35. The average Bonchev–Trinajstić information content (AvgIpc) is 2.97. The molecule has 1 aliphatic rings. The van der Waals surface area contributed by atoms with E-state index in [2.05, 4.69) is 16.8 Å². The summed E-state index contributed by atoms with van der Waals surface area (Å²) in [6, 6.07) is 0.412. The molecule has 1 aliphatic heterocycles. The molecule has 0 saturated carbocycles. The summed E-state index contributed by atoms with van der Waals surface area (Å²) in [5.74, 6) is 2.11. The number of fused-ring (bicyclic) bond motifs is 1. The van der Waals surface area contributed by atoms with Gasteiger partial charge in [-0.2, -0.15) is 11.8 Å². The van der Waals surface area contributed by atoms with Gasteiger partial charge in [0.25, 0.3) is 0 Å². The molecule has 1 fully saturated rings. The summed E-state index contributed by atoms with van der Waals surface area (Å²) in [6.45, 7) is 3.13. The number of rotatable bonds is 3. The summed E-state index contributed by atoms with van der Waals surface area (Å²) in [6.07, 6.45) is 4.74. The molecule has 5 nitrogen and oxygen atoms in total. The van der Waals surface area contributed by atoms with E-state index in [-0.39, 0.29) is 0 Å². The van der Waals surface area contributed by atoms with Crippen molar-refractivity contribution in [1.82, 2.24) is 9.38 Å². The molecule has 7 heteroatoms. The molecule has 1 N–H and O–H groups in total. The number of anilines is 1. The van der Waals surface area contributed by atoms with Crippen molar-refractivity contribution in [2.75, 3.05) is 23.0 Å². The minimum atomic E-state index is -0.941. The molecule has 0 radical (unpaired) electrons. The lowest BCUT2D eigenvalue weighted by atomic mass is 10.2. The molecule has 0 amide bonds. The standard InChI is InChI=1S/C13H15N3O2S2/c1-9-8-19-6-4-15(9)12-10(2-3-11(17)18)16-5-7-20-13(16)14-12/h2-3,5,7,9H,4,6,8H2,1H3,(H,17,18). The number of thiazole rings is 1. The number of imidazole rings is 1. The van der Waals surface area contributed by atoms with Crippen LogP contribution in [0, 0.1) is 0 Å². The quantitative estimate of drug-likeness (QED) is 0.883. The third kappa shape index (κ3) is 2.43. The number of hydrogen-bond donors (Lipinski definition) is 1. The van der Waals surface area contributed by atoms with Gasteiger partial charge < -0.3 is 10.0 Å². The van der Waals surface area contributed by atoms with Gasteiger partial charge in [0.2, 0.25) is 0 Å². The molecule has 0 spiro atoms. The SMILES string of the molecule is CC1CSCCN1c1nc2sccn2c1C=CC(=O)O. The van der Waals surface area contributed by atoms with Crippen molar-refractivity contribution in [2.24, 2.45) is 0 Å². The third-order valence-corrected chi connectivity index (χ3v) is 5.25. The number of carboxylic acid groups (broad SMARTS) is 1. The first kappa shape index (κ1) is 13.5. The second-order valence-electron chi connectivity index (χ2n) is 4.67. The van der Waals surface area contributed by atoms with Crippen molar-refractivity contribution >= 4 is 45.9 Å². The Kier molecular flexibility index (Phi) is 3.71. The molecule has 2 aromatic rings. The van der Waals surface area contributed by atoms with Gasteiger partial charge in [-0.1, -0.05) is 0 Å². The fraction of sp³-hybridized carbons (Fsp3) is 0.385. The molecule has 2 aromatic heterocycles. The number of carbonyl (C=O) groups is 1. The van der Waals surface area contributed by atoms with E-state index >= 15 is 0 Å². The lowest BCUT2D eigenvalue weighted by Gasteiger charge is -2.33. The van der Waals surface area contributed by atoms with Crippen LogP contribution in [0.4, 0.5) is 5.82 Å². The molecule has 3 heterocycles. The van der Waals surface area contributed by atoms with Crippen molar-refractivity contribution < 1.29 is 9.90 Å². The molecule has 1 atom stereocenters. The highest BCUT2D eigenvalue weighted by Gasteiger charge is 2.24. The van der Waals surface area contributed by atoms with E-state index in [1.165, 1.54) is 6.08 Å². The van der Waals surface area contributed by atoms with Crippen LogP contribution in [0.2, 0.25) is 0 Å². The first-order valence-electron chi connectivity index (χ1n) is 6.38. The van der Waals surface area contributed by atoms with Gasteiger partial charge in [0.1, 0.15) is 0 Å². The summed E-state index contributed by atoms with van der Waals surface area (Å²) in [7, 11) is 0. The summed E-state index contributed by atoms with van der Waals surface area (Å²) in [4.78, 5) is 18.6. The first-order chi connectivity index (χ1) is 9.66. The molecule has 20 heavy (non-hydrogen) atoms. The van der Waals surface area contributed by atoms with Crippen LogP contribution in [0.3, 0.4) is 0 Å². The Balaban J connectivity index is 2.06. The normalized spacial score (nSPS) is 20.1. The maximum absolute atomic E-state index is 10.8. The maximum Gasteiger partial charge on any atom is 0.328 e. The molecule has 3 rings (SSSR count). The lowest BCUT2D eigenvalue weighted by molar-refractivity contribution is -0.131. The Morgan fingerprint density at radius 3 is 3.20 bits per heavy atom. The van der Waals surface area contributed by atoms with Crippen molar-refractivity contribution in [3.8, 4) is 0 Å². The molecule has 0 aromatic carbocycles. The summed E-state index contributed by atoms with van der Waals surface area (Å²) < 4.78 is 1.95. The van der Waals surface area contributed by atoms with E-state index in [4.69, 9.17) is 5.11 Å². The highest BCUT2D eigenvalue weighted by Crippen LogP contribution is 2.30. The largest absolute Gasteiger partial charge is 0.478 e. The molecule has 1 unspecified atom stereocenters. The van der Waals surface area contributed by atoms with Crippen LogP contribution < -0.4 is 4.90 Å². The van der Waals surface area contributed by atoms with Crippen LogP contribution in [0.5, 0.6) is 0 Å². The van der Waals surface area contributed by atoms with Gasteiger partial charge >= 0.3 is 5.97 Å². The van der Waals surface area contributed by atoms with Crippen molar-refractivity contribution in [3.05, 3.63) is 23.3 Å². The second kappa shape index (κ2) is 5.49. The zero-order valence-electron chi connectivity index (χ0n) is 11.0. The summed E-state index contributed by atoms with van der Waals surface area (Å²) in [5.41, 5.74) is 0.849. The molecule has 106 valence electrons. The van der Waals surface area contributed by atoms with Gasteiger partial charge in [0, 0.05) is 41.7 Å². The van der Waals surface area contributed by atoms with Crippen LogP contribution in [-0.4, -0.2) is 44.6 Å². The Hall–Kier alpha value is -1.47. The van der Waals surface area contributed by atoms with Crippen LogP contribution in [0.15, 0.2) is 17.7 Å². The van der Waals surface area contributed by atoms with E-state index in [0.29, 0.717) is 6.04 Å². The molecule has 0 bridgehead atoms. The highest BCUT2D eigenvalue weighted by molar-refractivity contribution is 7.99. The third-order valence-electron chi connectivity index (χ3n) is 3.30. The van der Waals surface area contributed by atoms with Crippen molar-refractivity contribution in [1.29, 1.82) is 0 Å². The molecular formula is C13H15N3O2S2. The Morgan fingerprint density at radius 2 is 2.45 bits per heavy atom.